The first-order valence-electron chi connectivity index (χ1n) is 9.04. The first-order valence-corrected chi connectivity index (χ1v) is 9.04. The van der Waals surface area contributed by atoms with Gasteiger partial charge in [0.25, 0.3) is 11.8 Å². The average molecular weight is 393 g/mol. The van der Waals surface area contributed by atoms with Crippen molar-refractivity contribution in [3.63, 3.8) is 0 Å². The summed E-state index contributed by atoms with van der Waals surface area (Å²) >= 11 is 0. The van der Waals surface area contributed by atoms with Crippen molar-refractivity contribution < 1.29 is 19.1 Å². The summed E-state index contributed by atoms with van der Waals surface area (Å²) in [6.45, 7) is 3.79. The Kier molecular flexibility index (Phi) is 5.87. The fourth-order valence-electron chi connectivity index (χ4n) is 3.29. The van der Waals surface area contributed by atoms with E-state index in [0.29, 0.717) is 17.1 Å². The molecule has 0 aliphatic rings. The van der Waals surface area contributed by atoms with Crippen molar-refractivity contribution in [2.24, 2.45) is 0 Å². The molecule has 0 aliphatic carbocycles. The zero-order chi connectivity index (χ0) is 21.0. The van der Waals surface area contributed by atoms with Crippen molar-refractivity contribution in [3.05, 3.63) is 77.1 Å². The maximum atomic E-state index is 12.7. The number of methoxy groups -OCH3 is 2. The van der Waals surface area contributed by atoms with Gasteiger partial charge >= 0.3 is 0 Å². The zero-order valence-electron chi connectivity index (χ0n) is 16.8. The maximum absolute atomic E-state index is 12.7. The smallest absolute Gasteiger partial charge is 0.277 e. The van der Waals surface area contributed by atoms with Gasteiger partial charge in [0.2, 0.25) is 0 Å². The Hall–Kier alpha value is -3.74. The second kappa shape index (κ2) is 8.52. The molecule has 150 valence electrons. The largest absolute Gasteiger partial charge is 0.496 e. The minimum absolute atomic E-state index is 0.201. The van der Waals surface area contributed by atoms with Gasteiger partial charge in [0, 0.05) is 17.1 Å². The van der Waals surface area contributed by atoms with Crippen LogP contribution in [0.3, 0.4) is 0 Å². The lowest BCUT2D eigenvalue weighted by molar-refractivity contribution is 0.0842. The zero-order valence-corrected chi connectivity index (χ0v) is 16.8. The van der Waals surface area contributed by atoms with E-state index in [-0.39, 0.29) is 5.56 Å². The molecule has 3 rings (SSSR count). The molecule has 0 atom stereocenters. The molecule has 29 heavy (non-hydrogen) atoms. The molecule has 0 radical (unpaired) electrons. The van der Waals surface area contributed by atoms with Gasteiger partial charge in [-0.2, -0.15) is 0 Å². The number of para-hydroxylation sites is 1. The van der Waals surface area contributed by atoms with E-state index in [1.54, 1.807) is 24.3 Å². The third-order valence-electron chi connectivity index (χ3n) is 4.63. The topological polar surface area (TPSA) is 81.6 Å². The molecule has 0 spiro atoms. The number of ether oxygens (including phenoxy) is 2. The third kappa shape index (κ3) is 3.94. The van der Waals surface area contributed by atoms with Crippen LogP contribution in [-0.2, 0) is 0 Å². The predicted octanol–water partition coefficient (Wildman–Crippen LogP) is 3.19. The second-order valence-corrected chi connectivity index (χ2v) is 6.40. The molecule has 2 amide bonds. The Morgan fingerprint density at radius 3 is 2.00 bits per heavy atom. The number of aromatic nitrogens is 1. The molecule has 1 aromatic heterocycles. The quantitative estimate of drug-likeness (QED) is 0.653. The Balaban J connectivity index is 1.80. The number of aryl methyl sites for hydroxylation is 1. The number of hydrogen-bond acceptors (Lipinski definition) is 4. The van der Waals surface area contributed by atoms with Crippen LogP contribution in [0.25, 0.3) is 5.69 Å². The van der Waals surface area contributed by atoms with Crippen LogP contribution in [-0.4, -0.2) is 30.6 Å². The van der Waals surface area contributed by atoms with Gasteiger partial charge in [-0.05, 0) is 44.2 Å². The summed E-state index contributed by atoms with van der Waals surface area (Å²) in [5.74, 6) is -0.260. The van der Waals surface area contributed by atoms with Crippen molar-refractivity contribution in [3.8, 4) is 17.2 Å². The van der Waals surface area contributed by atoms with Gasteiger partial charge < -0.3 is 14.0 Å². The first-order chi connectivity index (χ1) is 14.0. The summed E-state index contributed by atoms with van der Waals surface area (Å²) in [7, 11) is 2.92. The summed E-state index contributed by atoms with van der Waals surface area (Å²) in [6.07, 6.45) is 0. The van der Waals surface area contributed by atoms with E-state index in [4.69, 9.17) is 9.47 Å². The Labute approximate surface area is 169 Å². The Bertz CT molecular complexity index is 1020. The normalized spacial score (nSPS) is 10.3. The van der Waals surface area contributed by atoms with Gasteiger partial charge in [0.05, 0.1) is 19.8 Å². The Morgan fingerprint density at radius 2 is 1.41 bits per heavy atom. The lowest BCUT2D eigenvalue weighted by Crippen LogP contribution is -2.42. The summed E-state index contributed by atoms with van der Waals surface area (Å²) in [6, 6.07) is 16.5. The van der Waals surface area contributed by atoms with Crippen LogP contribution in [0.2, 0.25) is 0 Å². The van der Waals surface area contributed by atoms with Gasteiger partial charge in [-0.15, -0.1) is 0 Å². The van der Waals surface area contributed by atoms with Gasteiger partial charge in [-0.25, -0.2) is 0 Å². The molecular formula is C22H23N3O4. The molecule has 0 aliphatic heterocycles. The fourth-order valence-corrected chi connectivity index (χ4v) is 3.29. The van der Waals surface area contributed by atoms with E-state index < -0.39 is 11.8 Å². The number of nitrogens with one attached hydrogen (secondary N) is 2. The van der Waals surface area contributed by atoms with Gasteiger partial charge in [0.15, 0.2) is 0 Å². The van der Waals surface area contributed by atoms with Crippen LogP contribution in [0.5, 0.6) is 11.5 Å². The third-order valence-corrected chi connectivity index (χ3v) is 4.63. The summed E-state index contributed by atoms with van der Waals surface area (Å²) in [5, 5.41) is 0. The summed E-state index contributed by atoms with van der Waals surface area (Å²) in [5.41, 5.74) is 8.23. The van der Waals surface area contributed by atoms with Crippen LogP contribution < -0.4 is 20.3 Å². The molecule has 3 aromatic rings. The van der Waals surface area contributed by atoms with Crippen molar-refractivity contribution in [2.75, 3.05) is 14.2 Å². The number of carbonyl (C=O) groups is 2. The number of carbonyl (C=O) groups excluding carboxylic acids is 2. The molecule has 2 aromatic carbocycles. The van der Waals surface area contributed by atoms with Crippen LogP contribution in [0.4, 0.5) is 0 Å². The summed E-state index contributed by atoms with van der Waals surface area (Å²) in [4.78, 5) is 25.3. The van der Waals surface area contributed by atoms with Gasteiger partial charge in [-0.1, -0.05) is 24.3 Å². The standard InChI is InChI=1S/C22H23N3O4/c1-14-13-17(15(2)25(14)16-9-6-5-7-10-16)21(26)23-24-22(27)20-18(28-3)11-8-12-19(20)29-4/h5-13H,1-4H3,(H,23,26)(H,24,27). The van der Waals surface area contributed by atoms with Gasteiger partial charge in [0.1, 0.15) is 17.1 Å². The van der Waals surface area contributed by atoms with E-state index in [2.05, 4.69) is 10.9 Å². The predicted molar refractivity (Wildman–Crippen MR) is 110 cm³/mol. The number of hydrogen-bond donors (Lipinski definition) is 2. The van der Waals surface area contributed by atoms with E-state index in [9.17, 15) is 9.59 Å². The molecule has 2 N–H and O–H groups in total. The van der Waals surface area contributed by atoms with Crippen molar-refractivity contribution in [1.29, 1.82) is 0 Å². The average Bonchev–Trinajstić information content (AvgIpc) is 3.05. The number of nitrogens with zero attached hydrogens (tertiary/aromatic N) is 1. The number of rotatable bonds is 5. The Morgan fingerprint density at radius 1 is 0.828 bits per heavy atom. The minimum Gasteiger partial charge on any atom is -0.496 e. The monoisotopic (exact) mass is 393 g/mol. The highest BCUT2D eigenvalue weighted by Gasteiger charge is 2.21. The van der Waals surface area contributed by atoms with E-state index in [1.165, 1.54) is 14.2 Å². The molecule has 0 bridgehead atoms. The number of hydrazine groups is 1. The highest BCUT2D eigenvalue weighted by Crippen LogP contribution is 2.28. The van der Waals surface area contributed by atoms with E-state index in [0.717, 1.165) is 17.1 Å². The van der Waals surface area contributed by atoms with Crippen LogP contribution >= 0.6 is 0 Å². The van der Waals surface area contributed by atoms with Crippen molar-refractivity contribution in [1.82, 2.24) is 15.4 Å². The molecule has 1 heterocycles. The molecule has 7 nitrogen and oxygen atoms in total. The SMILES string of the molecule is COc1cccc(OC)c1C(=O)NNC(=O)c1cc(C)n(-c2ccccc2)c1C. The molecule has 0 saturated carbocycles. The van der Waals surface area contributed by atoms with Crippen LogP contribution in [0, 0.1) is 13.8 Å². The van der Waals surface area contributed by atoms with E-state index >= 15 is 0 Å². The van der Waals surface area contributed by atoms with Gasteiger partial charge in [-0.3, -0.25) is 20.4 Å². The molecule has 0 unspecified atom stereocenters. The highest BCUT2D eigenvalue weighted by atomic mass is 16.5. The minimum atomic E-state index is -0.537. The first kappa shape index (κ1) is 20.0. The lowest BCUT2D eigenvalue weighted by Gasteiger charge is -2.13. The van der Waals surface area contributed by atoms with Crippen molar-refractivity contribution >= 4 is 11.8 Å². The molecule has 0 fully saturated rings. The molecule has 0 saturated heterocycles. The second-order valence-electron chi connectivity index (χ2n) is 6.40. The number of benzene rings is 2. The fraction of sp³-hybridized carbons (Fsp3) is 0.182. The van der Waals surface area contributed by atoms with Crippen LogP contribution in [0.15, 0.2) is 54.6 Å². The molecule has 7 heteroatoms. The maximum Gasteiger partial charge on any atom is 0.277 e. The van der Waals surface area contributed by atoms with E-state index in [1.807, 2.05) is 48.7 Å². The van der Waals surface area contributed by atoms with Crippen LogP contribution in [0.1, 0.15) is 32.1 Å². The lowest BCUT2D eigenvalue weighted by atomic mass is 10.1. The molecular weight excluding hydrogens is 370 g/mol. The number of amides is 2. The van der Waals surface area contributed by atoms with Crippen molar-refractivity contribution in [2.45, 2.75) is 13.8 Å². The highest BCUT2D eigenvalue weighted by molar-refractivity contribution is 6.02. The summed E-state index contributed by atoms with van der Waals surface area (Å²) < 4.78 is 12.4.